The van der Waals surface area contributed by atoms with Crippen LogP contribution in [-0.4, -0.2) is 36.5 Å². The Hall–Kier alpha value is -1.31. The molecule has 1 amide bonds. The van der Waals surface area contributed by atoms with Crippen LogP contribution in [0.4, 0.5) is 0 Å². The molecule has 0 atom stereocenters. The first kappa shape index (κ1) is 20.9. The van der Waals surface area contributed by atoms with Gasteiger partial charge in [-0.2, -0.15) is 0 Å². The number of carbonyl (C=O) groups is 1. The number of ether oxygens (including phenoxy) is 1. The van der Waals surface area contributed by atoms with E-state index in [1.807, 2.05) is 24.3 Å². The van der Waals surface area contributed by atoms with Gasteiger partial charge < -0.3 is 15.0 Å². The van der Waals surface area contributed by atoms with Gasteiger partial charge in [0.1, 0.15) is 5.75 Å². The fraction of sp³-hybridized carbons (Fsp3) is 0.435. The van der Waals surface area contributed by atoms with Crippen LogP contribution in [0.15, 0.2) is 36.4 Å². The Bertz CT molecular complexity index is 896. The standard InChI is InChI=1S/C23H26ClIN2O2/c1-27-11-10-15-12-16(2-3-17(15)14-27)23(28)26-18-4-6-19(7-5-18)29-20-8-9-22(25)21(24)13-20/h2-3,8-9,12-13,18-19H,4-7,10-11,14H2,1H3,(H,26,28)/t18-,19-. The van der Waals surface area contributed by atoms with Gasteiger partial charge in [-0.05, 0) is 103 Å². The predicted octanol–water partition coefficient (Wildman–Crippen LogP) is 5.05. The maximum Gasteiger partial charge on any atom is 0.251 e. The van der Waals surface area contributed by atoms with Crippen LogP contribution in [0.1, 0.15) is 47.2 Å². The summed E-state index contributed by atoms with van der Waals surface area (Å²) in [5.74, 6) is 0.864. The van der Waals surface area contributed by atoms with Crippen molar-refractivity contribution in [2.75, 3.05) is 13.6 Å². The van der Waals surface area contributed by atoms with Crippen LogP contribution < -0.4 is 10.1 Å². The molecule has 0 bridgehead atoms. The van der Waals surface area contributed by atoms with Crippen molar-refractivity contribution < 1.29 is 9.53 Å². The van der Waals surface area contributed by atoms with Crippen molar-refractivity contribution in [2.24, 2.45) is 0 Å². The molecule has 0 unspecified atom stereocenters. The molecule has 0 aromatic heterocycles. The van der Waals surface area contributed by atoms with Crippen LogP contribution in [0, 0.1) is 3.57 Å². The molecule has 0 radical (unpaired) electrons. The average Bonchev–Trinajstić information content (AvgIpc) is 2.72. The highest BCUT2D eigenvalue weighted by atomic mass is 127. The SMILES string of the molecule is CN1CCc2cc(C(=O)N[C@H]3CC[C@H](Oc4ccc(I)c(Cl)c4)CC3)ccc2C1. The van der Waals surface area contributed by atoms with Gasteiger partial charge in [0.05, 0.1) is 11.1 Å². The van der Waals surface area contributed by atoms with Crippen molar-refractivity contribution in [1.82, 2.24) is 10.2 Å². The normalized spacial score (nSPS) is 22.0. The number of halogens is 2. The Kier molecular flexibility index (Phi) is 6.66. The first-order valence-electron chi connectivity index (χ1n) is 10.2. The van der Waals surface area contributed by atoms with E-state index in [2.05, 4.69) is 52.0 Å². The summed E-state index contributed by atoms with van der Waals surface area (Å²) in [6.45, 7) is 2.01. The number of nitrogens with one attached hydrogen (secondary N) is 1. The van der Waals surface area contributed by atoms with E-state index in [1.165, 1.54) is 11.1 Å². The fourth-order valence-corrected chi connectivity index (χ4v) is 4.68. The van der Waals surface area contributed by atoms with E-state index < -0.39 is 0 Å². The molecule has 2 aliphatic rings. The lowest BCUT2D eigenvalue weighted by Gasteiger charge is -2.30. The highest BCUT2D eigenvalue weighted by Gasteiger charge is 2.24. The third-order valence-corrected chi connectivity index (χ3v) is 7.45. The highest BCUT2D eigenvalue weighted by molar-refractivity contribution is 14.1. The molecule has 6 heteroatoms. The van der Waals surface area contributed by atoms with Crippen LogP contribution >= 0.6 is 34.2 Å². The largest absolute Gasteiger partial charge is 0.490 e. The van der Waals surface area contributed by atoms with Gasteiger partial charge in [0.2, 0.25) is 0 Å². The molecule has 1 N–H and O–H groups in total. The summed E-state index contributed by atoms with van der Waals surface area (Å²) < 4.78 is 7.12. The highest BCUT2D eigenvalue weighted by Crippen LogP contribution is 2.28. The van der Waals surface area contributed by atoms with E-state index >= 15 is 0 Å². The Morgan fingerprint density at radius 3 is 2.69 bits per heavy atom. The van der Waals surface area contributed by atoms with Crippen LogP contribution in [0.3, 0.4) is 0 Å². The zero-order valence-corrected chi connectivity index (χ0v) is 19.5. The minimum atomic E-state index is 0.0421. The van der Waals surface area contributed by atoms with Gasteiger partial charge in [0.25, 0.3) is 5.91 Å². The Morgan fingerprint density at radius 2 is 1.93 bits per heavy atom. The van der Waals surface area contributed by atoms with Gasteiger partial charge in [0.15, 0.2) is 0 Å². The molecule has 2 aromatic rings. The van der Waals surface area contributed by atoms with Crippen molar-refractivity contribution in [3.8, 4) is 5.75 Å². The molecule has 1 aliphatic carbocycles. The summed E-state index contributed by atoms with van der Waals surface area (Å²) in [4.78, 5) is 15.0. The van der Waals surface area contributed by atoms with Crippen molar-refractivity contribution in [3.05, 3.63) is 61.7 Å². The van der Waals surface area contributed by atoms with Gasteiger partial charge in [-0.15, -0.1) is 0 Å². The Morgan fingerprint density at radius 1 is 1.14 bits per heavy atom. The lowest BCUT2D eigenvalue weighted by atomic mass is 9.92. The number of carbonyl (C=O) groups excluding carboxylic acids is 1. The van der Waals surface area contributed by atoms with Crippen molar-refractivity contribution in [1.29, 1.82) is 0 Å². The minimum Gasteiger partial charge on any atom is -0.490 e. The van der Waals surface area contributed by atoms with Crippen molar-refractivity contribution in [3.63, 3.8) is 0 Å². The summed E-state index contributed by atoms with van der Waals surface area (Å²) in [7, 11) is 2.14. The van der Waals surface area contributed by atoms with E-state index in [0.29, 0.717) is 0 Å². The van der Waals surface area contributed by atoms with E-state index in [1.54, 1.807) is 0 Å². The smallest absolute Gasteiger partial charge is 0.251 e. The predicted molar refractivity (Wildman–Crippen MR) is 125 cm³/mol. The summed E-state index contributed by atoms with van der Waals surface area (Å²) in [5, 5.41) is 3.95. The zero-order valence-electron chi connectivity index (χ0n) is 16.6. The molecule has 0 spiro atoms. The first-order chi connectivity index (χ1) is 14.0. The molecule has 4 rings (SSSR count). The molecular formula is C23H26ClIN2O2. The van der Waals surface area contributed by atoms with E-state index in [4.69, 9.17) is 16.3 Å². The minimum absolute atomic E-state index is 0.0421. The summed E-state index contributed by atoms with van der Waals surface area (Å²) in [6.07, 6.45) is 4.93. The molecule has 1 aliphatic heterocycles. The number of likely N-dealkylation sites (N-methyl/N-ethyl adjacent to an activating group) is 1. The summed E-state index contributed by atoms with van der Waals surface area (Å²) >= 11 is 8.40. The lowest BCUT2D eigenvalue weighted by molar-refractivity contribution is 0.0893. The third kappa shape index (κ3) is 5.25. The molecular weight excluding hydrogens is 499 g/mol. The van der Waals surface area contributed by atoms with Crippen LogP contribution in [0.25, 0.3) is 0 Å². The van der Waals surface area contributed by atoms with E-state index in [-0.39, 0.29) is 18.1 Å². The molecule has 0 saturated heterocycles. The second-order valence-corrected chi connectivity index (χ2v) is 9.68. The number of rotatable bonds is 4. The molecule has 1 heterocycles. The van der Waals surface area contributed by atoms with E-state index in [9.17, 15) is 4.79 Å². The molecule has 4 nitrogen and oxygen atoms in total. The van der Waals surface area contributed by atoms with Gasteiger partial charge in [-0.3, -0.25) is 4.79 Å². The lowest BCUT2D eigenvalue weighted by Crippen LogP contribution is -2.39. The fourth-order valence-electron chi connectivity index (χ4n) is 4.17. The molecule has 1 fully saturated rings. The van der Waals surface area contributed by atoms with Gasteiger partial charge in [0, 0.05) is 28.3 Å². The first-order valence-corrected chi connectivity index (χ1v) is 11.7. The molecule has 29 heavy (non-hydrogen) atoms. The second kappa shape index (κ2) is 9.23. The zero-order chi connectivity index (χ0) is 20.4. The van der Waals surface area contributed by atoms with Gasteiger partial charge in [-0.1, -0.05) is 17.7 Å². The molecule has 1 saturated carbocycles. The monoisotopic (exact) mass is 524 g/mol. The quantitative estimate of drug-likeness (QED) is 0.569. The van der Waals surface area contributed by atoms with Crippen LogP contribution in [-0.2, 0) is 13.0 Å². The second-order valence-electron chi connectivity index (χ2n) is 8.11. The number of benzene rings is 2. The van der Waals surface area contributed by atoms with Gasteiger partial charge in [-0.25, -0.2) is 0 Å². The Labute approximate surface area is 191 Å². The van der Waals surface area contributed by atoms with Crippen LogP contribution in [0.2, 0.25) is 5.02 Å². The number of hydrogen-bond donors (Lipinski definition) is 1. The van der Waals surface area contributed by atoms with Crippen molar-refractivity contribution >= 4 is 40.1 Å². The average molecular weight is 525 g/mol. The Balaban J connectivity index is 1.29. The molecule has 2 aromatic carbocycles. The van der Waals surface area contributed by atoms with Crippen LogP contribution in [0.5, 0.6) is 5.75 Å². The van der Waals surface area contributed by atoms with Crippen molar-refractivity contribution in [2.45, 2.75) is 50.8 Å². The van der Waals surface area contributed by atoms with E-state index in [0.717, 1.165) is 65.1 Å². The number of fused-ring (bicyclic) bond motifs is 1. The third-order valence-electron chi connectivity index (χ3n) is 5.87. The maximum absolute atomic E-state index is 12.7. The maximum atomic E-state index is 12.7. The summed E-state index contributed by atoms with van der Waals surface area (Å²) in [5.41, 5.74) is 3.42. The topological polar surface area (TPSA) is 41.6 Å². The summed E-state index contributed by atoms with van der Waals surface area (Å²) in [6, 6.07) is 12.2. The number of hydrogen-bond acceptors (Lipinski definition) is 3. The number of amides is 1. The number of nitrogens with zero attached hydrogens (tertiary/aromatic N) is 1. The molecule has 154 valence electrons. The van der Waals surface area contributed by atoms with Gasteiger partial charge >= 0.3 is 0 Å².